The molecule has 6 nitrogen and oxygen atoms in total. The van der Waals surface area contributed by atoms with Gasteiger partial charge in [-0.2, -0.15) is 0 Å². The first-order chi connectivity index (χ1) is 14.4. The van der Waals surface area contributed by atoms with E-state index in [1.807, 2.05) is 0 Å². The van der Waals surface area contributed by atoms with Crippen LogP contribution in [0.5, 0.6) is 0 Å². The molecule has 1 N–H and O–H groups in total. The largest absolute Gasteiger partial charge is 0.478 e. The predicted octanol–water partition coefficient (Wildman–Crippen LogP) is 3.90. The van der Waals surface area contributed by atoms with Crippen molar-refractivity contribution >= 4 is 17.7 Å². The Hall–Kier alpha value is -3.00. The second kappa shape index (κ2) is 8.39. The first-order valence-corrected chi connectivity index (χ1v) is 9.88. The predicted molar refractivity (Wildman–Crippen MR) is 105 cm³/mol. The van der Waals surface area contributed by atoms with E-state index < -0.39 is 23.7 Å². The fourth-order valence-corrected chi connectivity index (χ4v) is 4.20. The van der Waals surface area contributed by atoms with E-state index in [0.717, 1.165) is 43.0 Å². The molecular weight excluding hydrogens is 394 g/mol. The van der Waals surface area contributed by atoms with Gasteiger partial charge in [0.2, 0.25) is 0 Å². The van der Waals surface area contributed by atoms with E-state index in [9.17, 15) is 23.5 Å². The Morgan fingerprint density at radius 3 is 2.50 bits per heavy atom. The zero-order valence-corrected chi connectivity index (χ0v) is 16.3. The van der Waals surface area contributed by atoms with Crippen LogP contribution in [0.4, 0.5) is 19.3 Å². The Morgan fingerprint density at radius 2 is 1.87 bits per heavy atom. The zero-order valence-electron chi connectivity index (χ0n) is 16.3. The maximum atomic E-state index is 14.5. The van der Waals surface area contributed by atoms with Gasteiger partial charge >= 0.3 is 12.1 Å². The molecule has 0 unspecified atom stereocenters. The summed E-state index contributed by atoms with van der Waals surface area (Å²) in [5.74, 6) is -2.39. The van der Waals surface area contributed by atoms with Crippen LogP contribution in [0.15, 0.2) is 42.5 Å². The van der Waals surface area contributed by atoms with Crippen LogP contribution in [0, 0.1) is 17.6 Å². The number of aromatic carboxylic acids is 1. The van der Waals surface area contributed by atoms with Gasteiger partial charge < -0.3 is 9.84 Å². The third kappa shape index (κ3) is 4.28. The molecule has 8 heteroatoms. The third-order valence-electron chi connectivity index (χ3n) is 5.76. The number of hydrogen-bond donors (Lipinski definition) is 1. The van der Waals surface area contributed by atoms with Crippen molar-refractivity contribution in [2.75, 3.05) is 24.5 Å². The lowest BCUT2D eigenvalue weighted by atomic mass is 9.86. The number of carboxylic acids is 1. The van der Waals surface area contributed by atoms with E-state index in [4.69, 9.17) is 4.74 Å². The summed E-state index contributed by atoms with van der Waals surface area (Å²) in [7, 11) is 0. The first kappa shape index (κ1) is 20.3. The van der Waals surface area contributed by atoms with E-state index in [2.05, 4.69) is 4.90 Å². The summed E-state index contributed by atoms with van der Waals surface area (Å²) in [5, 5.41) is 9.18. The van der Waals surface area contributed by atoms with Crippen molar-refractivity contribution in [3.63, 3.8) is 0 Å². The minimum absolute atomic E-state index is 0.00934. The number of nitrogens with zero attached hydrogens (tertiary/aromatic N) is 2. The van der Waals surface area contributed by atoms with E-state index in [1.54, 1.807) is 6.07 Å². The number of para-hydroxylation sites is 1. The minimum Gasteiger partial charge on any atom is -0.478 e. The molecule has 3 aliphatic rings. The lowest BCUT2D eigenvalue weighted by molar-refractivity contribution is -0.0311. The van der Waals surface area contributed by atoms with Gasteiger partial charge in [-0.1, -0.05) is 12.1 Å². The second-order valence-electron chi connectivity index (χ2n) is 7.75. The number of halogens is 2. The molecule has 3 fully saturated rings. The number of hydrogen-bond acceptors (Lipinski definition) is 4. The van der Waals surface area contributed by atoms with Gasteiger partial charge in [0.05, 0.1) is 17.8 Å². The smallest absolute Gasteiger partial charge is 0.415 e. The van der Waals surface area contributed by atoms with Gasteiger partial charge in [-0.3, -0.25) is 9.80 Å². The van der Waals surface area contributed by atoms with E-state index in [1.165, 1.54) is 24.3 Å². The van der Waals surface area contributed by atoms with Gasteiger partial charge in [-0.15, -0.1) is 0 Å². The van der Waals surface area contributed by atoms with E-state index in [-0.39, 0.29) is 35.4 Å². The number of ether oxygens (including phenoxy) is 1. The molecule has 1 amide bonds. The number of benzene rings is 2. The SMILES string of the molecule is O=C(O)c1cc(F)cc(CN(C(=O)O[C@H]2CN3CCC2CC3)c2ccccc2F)c1. The minimum atomic E-state index is -1.29. The quantitative estimate of drug-likeness (QED) is 0.801. The standard InChI is InChI=1S/C22H22F2N2O4/c23-17-10-14(9-16(11-17)21(27)28)12-26(19-4-2-1-3-18(19)24)22(29)30-20-13-25-7-5-15(20)6-8-25/h1-4,9-11,15,20H,5-8,12-13H2,(H,27,28)/t20-/m0/s1. The van der Waals surface area contributed by atoms with Gasteiger partial charge in [0.25, 0.3) is 0 Å². The molecule has 158 valence electrons. The molecule has 0 aliphatic carbocycles. The Bertz CT molecular complexity index is 960. The van der Waals surface area contributed by atoms with Crippen LogP contribution in [0.2, 0.25) is 0 Å². The van der Waals surface area contributed by atoms with E-state index >= 15 is 0 Å². The molecule has 2 bridgehead atoms. The fourth-order valence-electron chi connectivity index (χ4n) is 4.20. The summed E-state index contributed by atoms with van der Waals surface area (Å²) in [6.45, 7) is 2.39. The Labute approximate surface area is 172 Å². The number of fused-ring (bicyclic) bond motifs is 3. The molecule has 2 aromatic carbocycles. The monoisotopic (exact) mass is 416 g/mol. The fraction of sp³-hybridized carbons (Fsp3) is 0.364. The third-order valence-corrected chi connectivity index (χ3v) is 5.76. The second-order valence-corrected chi connectivity index (χ2v) is 7.75. The molecule has 5 rings (SSSR count). The Balaban J connectivity index is 1.61. The zero-order chi connectivity index (χ0) is 21.3. The maximum absolute atomic E-state index is 14.5. The van der Waals surface area contributed by atoms with E-state index in [0.29, 0.717) is 6.54 Å². The van der Waals surface area contributed by atoms with Crippen LogP contribution in [-0.2, 0) is 11.3 Å². The summed E-state index contributed by atoms with van der Waals surface area (Å²) in [6, 6.07) is 9.03. The van der Waals surface area contributed by atoms with Crippen LogP contribution in [0.25, 0.3) is 0 Å². The molecule has 2 aromatic rings. The number of piperidine rings is 3. The molecule has 30 heavy (non-hydrogen) atoms. The molecular formula is C22H22F2N2O4. The number of anilines is 1. The molecule has 0 spiro atoms. The maximum Gasteiger partial charge on any atom is 0.415 e. The molecule has 1 atom stereocenters. The normalized spacial score (nSPS) is 22.5. The number of rotatable bonds is 5. The Morgan fingerprint density at radius 1 is 1.13 bits per heavy atom. The van der Waals surface area contributed by atoms with Crippen molar-refractivity contribution in [2.45, 2.75) is 25.5 Å². The number of carboxylic acid groups (broad SMARTS) is 1. The van der Waals surface area contributed by atoms with Crippen LogP contribution >= 0.6 is 0 Å². The molecule has 0 aromatic heterocycles. The lowest BCUT2D eigenvalue weighted by Crippen LogP contribution is -2.53. The van der Waals surface area contributed by atoms with Gasteiger partial charge in [0, 0.05) is 6.54 Å². The van der Waals surface area contributed by atoms with Gasteiger partial charge in [-0.05, 0) is 67.7 Å². The van der Waals surface area contributed by atoms with Crippen molar-refractivity contribution in [1.82, 2.24) is 4.90 Å². The topological polar surface area (TPSA) is 70.1 Å². The van der Waals surface area contributed by atoms with Crippen LogP contribution < -0.4 is 4.90 Å². The number of amides is 1. The first-order valence-electron chi connectivity index (χ1n) is 9.88. The van der Waals surface area contributed by atoms with Crippen molar-refractivity contribution < 1.29 is 28.2 Å². The Kier molecular flexibility index (Phi) is 5.67. The molecule has 3 aliphatic heterocycles. The summed E-state index contributed by atoms with van der Waals surface area (Å²) in [4.78, 5) is 27.6. The number of carbonyl (C=O) groups excluding carboxylic acids is 1. The summed E-state index contributed by atoms with van der Waals surface area (Å²) in [6.07, 6.45) is 0.879. The van der Waals surface area contributed by atoms with Gasteiger partial charge in [-0.25, -0.2) is 18.4 Å². The molecule has 3 saturated heterocycles. The summed E-state index contributed by atoms with van der Waals surface area (Å²) < 4.78 is 34.2. The molecule has 3 heterocycles. The highest BCUT2D eigenvalue weighted by molar-refractivity contribution is 5.89. The van der Waals surface area contributed by atoms with Crippen molar-refractivity contribution in [3.8, 4) is 0 Å². The lowest BCUT2D eigenvalue weighted by Gasteiger charge is -2.44. The van der Waals surface area contributed by atoms with Crippen molar-refractivity contribution in [2.24, 2.45) is 5.92 Å². The highest BCUT2D eigenvalue weighted by atomic mass is 19.1. The summed E-state index contributed by atoms with van der Waals surface area (Å²) >= 11 is 0. The van der Waals surface area contributed by atoms with Crippen LogP contribution in [-0.4, -0.2) is 47.8 Å². The highest BCUT2D eigenvalue weighted by Gasteiger charge is 2.37. The average Bonchev–Trinajstić information content (AvgIpc) is 2.73. The molecule has 0 radical (unpaired) electrons. The van der Waals surface area contributed by atoms with Crippen molar-refractivity contribution in [1.29, 1.82) is 0 Å². The molecule has 0 saturated carbocycles. The highest BCUT2D eigenvalue weighted by Crippen LogP contribution is 2.31. The van der Waals surface area contributed by atoms with Gasteiger partial charge in [0.1, 0.15) is 17.7 Å². The van der Waals surface area contributed by atoms with Crippen LogP contribution in [0.1, 0.15) is 28.8 Å². The van der Waals surface area contributed by atoms with Gasteiger partial charge in [0.15, 0.2) is 0 Å². The van der Waals surface area contributed by atoms with Crippen molar-refractivity contribution in [3.05, 3.63) is 65.2 Å². The average molecular weight is 416 g/mol. The number of carbonyl (C=O) groups is 2. The summed E-state index contributed by atoms with van der Waals surface area (Å²) in [5.41, 5.74) is -0.0318. The van der Waals surface area contributed by atoms with Crippen LogP contribution in [0.3, 0.4) is 0 Å².